The van der Waals surface area contributed by atoms with Crippen molar-refractivity contribution in [3.05, 3.63) is 189 Å². The average molecular weight is 650 g/mol. The van der Waals surface area contributed by atoms with Gasteiger partial charge in [0.05, 0.1) is 0 Å². The summed E-state index contributed by atoms with van der Waals surface area (Å²) in [5.74, 6) is 0.131. The summed E-state index contributed by atoms with van der Waals surface area (Å²) in [6.07, 6.45) is 8.79. The average Bonchev–Trinajstić information content (AvgIpc) is 3.66. The van der Waals surface area contributed by atoms with E-state index < -0.39 is 0 Å². The van der Waals surface area contributed by atoms with Crippen LogP contribution in [0.2, 0.25) is 0 Å². The Kier molecular flexibility index (Phi) is 7.61. The number of nitrogens with zero attached hydrogens (tertiary/aromatic N) is 1. The monoisotopic (exact) mass is 649 g/mol. The molecule has 0 saturated heterocycles. The molecule has 0 radical (unpaired) electrons. The number of benzene rings is 6. The van der Waals surface area contributed by atoms with Crippen molar-refractivity contribution in [3.8, 4) is 11.1 Å². The van der Waals surface area contributed by atoms with E-state index in [2.05, 4.69) is 158 Å². The van der Waals surface area contributed by atoms with E-state index in [1.54, 1.807) is 0 Å². The molecular formula is C48H40FN. The minimum Gasteiger partial charge on any atom is -0.337 e. The van der Waals surface area contributed by atoms with Gasteiger partial charge >= 0.3 is 0 Å². The van der Waals surface area contributed by atoms with E-state index >= 15 is 4.39 Å². The molecule has 6 aromatic rings. The fourth-order valence-electron chi connectivity index (χ4n) is 8.60. The van der Waals surface area contributed by atoms with E-state index in [9.17, 15) is 0 Å². The van der Waals surface area contributed by atoms with Crippen molar-refractivity contribution in [2.45, 2.75) is 51.5 Å². The largest absolute Gasteiger partial charge is 0.337 e. The van der Waals surface area contributed by atoms with Crippen LogP contribution >= 0.6 is 0 Å². The van der Waals surface area contributed by atoms with Crippen LogP contribution in [0.4, 0.5) is 15.8 Å². The van der Waals surface area contributed by atoms with Gasteiger partial charge in [-0.25, -0.2) is 4.39 Å². The van der Waals surface area contributed by atoms with Crippen LogP contribution < -0.4 is 4.90 Å². The Labute approximate surface area is 295 Å². The van der Waals surface area contributed by atoms with Crippen LogP contribution in [-0.2, 0) is 0 Å². The highest BCUT2D eigenvalue weighted by Crippen LogP contribution is 2.53. The van der Waals surface area contributed by atoms with Crippen molar-refractivity contribution in [1.82, 2.24) is 0 Å². The Hall–Kier alpha value is -5.47. The summed E-state index contributed by atoms with van der Waals surface area (Å²) in [7, 11) is 0. The Morgan fingerprint density at radius 2 is 1.18 bits per heavy atom. The van der Waals surface area contributed by atoms with Crippen molar-refractivity contribution in [2.75, 3.05) is 4.90 Å². The van der Waals surface area contributed by atoms with Gasteiger partial charge in [0.25, 0.3) is 0 Å². The van der Waals surface area contributed by atoms with E-state index in [0.717, 1.165) is 47.3 Å². The Balaban J connectivity index is 1.09. The van der Waals surface area contributed by atoms with Crippen molar-refractivity contribution < 1.29 is 4.39 Å². The molecule has 1 heterocycles. The Morgan fingerprint density at radius 1 is 0.620 bits per heavy atom. The zero-order valence-corrected chi connectivity index (χ0v) is 28.7. The second kappa shape index (κ2) is 12.4. The zero-order valence-electron chi connectivity index (χ0n) is 28.7. The van der Waals surface area contributed by atoms with Crippen LogP contribution in [0.3, 0.4) is 0 Å². The number of halogens is 1. The molecular weight excluding hydrogens is 610 g/mol. The standard InChI is InChI=1S/C48H40FN/c1-31-15-21-34(22-16-31)43(35-23-17-32(2)18-24-35)29-33-19-26-37(27-20-33)50-45-14-8-7-13-42(45)47-46(50)28-25-36(48(47)49)30-44-40-11-5-3-9-38(40)39-10-4-6-12-41(39)44/h3-6,9-12,15-30,42,45H,7-8,13-14H2,1-2H3. The summed E-state index contributed by atoms with van der Waals surface area (Å²) >= 11 is 0. The molecule has 6 aromatic carbocycles. The lowest BCUT2D eigenvalue weighted by Gasteiger charge is -2.33. The third-order valence-corrected chi connectivity index (χ3v) is 11.1. The summed E-state index contributed by atoms with van der Waals surface area (Å²) in [4.78, 5) is 2.44. The molecule has 0 bridgehead atoms. The topological polar surface area (TPSA) is 3.24 Å². The van der Waals surface area contributed by atoms with Crippen molar-refractivity contribution in [3.63, 3.8) is 0 Å². The third kappa shape index (κ3) is 5.22. The van der Waals surface area contributed by atoms with E-state index in [0.29, 0.717) is 5.56 Å². The molecule has 3 aliphatic rings. The maximum absolute atomic E-state index is 16.9. The van der Waals surface area contributed by atoms with Crippen LogP contribution in [-0.4, -0.2) is 6.04 Å². The van der Waals surface area contributed by atoms with Gasteiger partial charge in [-0.15, -0.1) is 0 Å². The third-order valence-electron chi connectivity index (χ3n) is 11.1. The quantitative estimate of drug-likeness (QED) is 0.168. The number of hydrogen-bond acceptors (Lipinski definition) is 1. The maximum atomic E-state index is 16.9. The van der Waals surface area contributed by atoms with Gasteiger partial charge in [-0.2, -0.15) is 0 Å². The van der Waals surface area contributed by atoms with E-state index in [1.807, 2.05) is 6.07 Å². The highest BCUT2D eigenvalue weighted by atomic mass is 19.1. The smallest absolute Gasteiger partial charge is 0.136 e. The van der Waals surface area contributed by atoms with Crippen LogP contribution in [0, 0.1) is 19.7 Å². The predicted molar refractivity (Wildman–Crippen MR) is 208 cm³/mol. The molecule has 1 fully saturated rings. The van der Waals surface area contributed by atoms with E-state index in [1.165, 1.54) is 56.5 Å². The molecule has 2 atom stereocenters. The first-order valence-corrected chi connectivity index (χ1v) is 18.0. The van der Waals surface area contributed by atoms with Crippen molar-refractivity contribution in [1.29, 1.82) is 0 Å². The van der Waals surface area contributed by atoms with Gasteiger partial charge in [-0.1, -0.05) is 133 Å². The number of aryl methyl sites for hydroxylation is 2. The van der Waals surface area contributed by atoms with Gasteiger partial charge in [0.2, 0.25) is 0 Å². The normalized spacial score (nSPS) is 17.1. The first kappa shape index (κ1) is 30.6. The lowest BCUT2D eigenvalue weighted by molar-refractivity contribution is 0.394. The molecule has 0 amide bonds. The molecule has 50 heavy (non-hydrogen) atoms. The van der Waals surface area contributed by atoms with E-state index in [4.69, 9.17) is 0 Å². The first-order chi connectivity index (χ1) is 24.5. The summed E-state index contributed by atoms with van der Waals surface area (Å²) in [5.41, 5.74) is 16.9. The number of anilines is 2. The first-order valence-electron chi connectivity index (χ1n) is 18.0. The highest BCUT2D eigenvalue weighted by Gasteiger charge is 2.42. The molecule has 0 aromatic heterocycles. The molecule has 1 aliphatic heterocycles. The molecule has 2 heteroatoms. The van der Waals surface area contributed by atoms with Crippen LogP contribution in [0.1, 0.15) is 81.7 Å². The van der Waals surface area contributed by atoms with E-state index in [-0.39, 0.29) is 17.8 Å². The molecule has 1 saturated carbocycles. The lowest BCUT2D eigenvalue weighted by atomic mass is 9.81. The van der Waals surface area contributed by atoms with Crippen LogP contribution in [0.15, 0.2) is 133 Å². The number of fused-ring (bicyclic) bond motifs is 6. The minimum atomic E-state index is -0.0587. The molecule has 1 nitrogen and oxygen atoms in total. The molecule has 0 N–H and O–H groups in total. The predicted octanol–water partition coefficient (Wildman–Crippen LogP) is 12.8. The SMILES string of the molecule is Cc1ccc(C(=Cc2ccc(N3c4ccc(C=C5c6ccccc6-c6ccccc65)c(F)c4C4CCCCC43)cc2)c2ccc(C)cc2)cc1. The Morgan fingerprint density at radius 3 is 1.78 bits per heavy atom. The fraction of sp³-hybridized carbons (Fsp3) is 0.167. The Bertz CT molecular complexity index is 2190. The van der Waals surface area contributed by atoms with Gasteiger partial charge in [0.15, 0.2) is 0 Å². The summed E-state index contributed by atoms with van der Waals surface area (Å²) in [5, 5.41) is 0. The van der Waals surface area contributed by atoms with Gasteiger partial charge in [-0.05, 0) is 113 Å². The summed E-state index contributed by atoms with van der Waals surface area (Å²) in [6.45, 7) is 4.26. The van der Waals surface area contributed by atoms with Crippen LogP contribution in [0.5, 0.6) is 0 Å². The summed E-state index contributed by atoms with van der Waals surface area (Å²) in [6, 6.07) is 47.9. The lowest BCUT2D eigenvalue weighted by Crippen LogP contribution is -2.32. The van der Waals surface area contributed by atoms with Gasteiger partial charge in [-0.3, -0.25) is 0 Å². The molecule has 0 spiro atoms. The summed E-state index contributed by atoms with van der Waals surface area (Å²) < 4.78 is 16.9. The second-order valence-corrected chi connectivity index (χ2v) is 14.3. The second-order valence-electron chi connectivity index (χ2n) is 14.3. The molecule has 9 rings (SSSR count). The van der Waals surface area contributed by atoms with Crippen molar-refractivity contribution in [2.24, 2.45) is 0 Å². The molecule has 2 aliphatic carbocycles. The van der Waals surface area contributed by atoms with Crippen molar-refractivity contribution >= 4 is 34.7 Å². The van der Waals surface area contributed by atoms with Gasteiger partial charge in [0.1, 0.15) is 5.82 Å². The van der Waals surface area contributed by atoms with Gasteiger partial charge in [0, 0.05) is 34.5 Å². The highest BCUT2D eigenvalue weighted by molar-refractivity contribution is 6.06. The number of rotatable bonds is 5. The molecule has 244 valence electrons. The van der Waals surface area contributed by atoms with Gasteiger partial charge < -0.3 is 4.90 Å². The minimum absolute atomic E-state index is 0.0587. The fourth-order valence-corrected chi connectivity index (χ4v) is 8.60. The number of hydrogen-bond donors (Lipinski definition) is 0. The van der Waals surface area contributed by atoms with Crippen LogP contribution in [0.25, 0.3) is 34.4 Å². The molecule has 2 unspecified atom stereocenters. The zero-order chi connectivity index (χ0) is 33.8. The maximum Gasteiger partial charge on any atom is 0.136 e.